The Kier molecular flexibility index (Phi) is 5.66. The largest absolute Gasteiger partial charge is 0.493 e. The summed E-state index contributed by atoms with van der Waals surface area (Å²) in [4.78, 5) is 17.4. The van der Waals surface area contributed by atoms with Crippen LogP contribution in [-0.2, 0) is 11.2 Å². The second-order valence-electron chi connectivity index (χ2n) is 8.33. The zero-order valence-electron chi connectivity index (χ0n) is 16.2. The summed E-state index contributed by atoms with van der Waals surface area (Å²) in [5.74, 6) is 1.36. The van der Waals surface area contributed by atoms with Crippen molar-refractivity contribution in [2.75, 3.05) is 46.4 Å². The van der Waals surface area contributed by atoms with E-state index in [1.807, 2.05) is 6.07 Å². The van der Waals surface area contributed by atoms with Crippen LogP contribution < -0.4 is 10.1 Å². The van der Waals surface area contributed by atoms with Crippen molar-refractivity contribution in [3.63, 3.8) is 0 Å². The van der Waals surface area contributed by atoms with Crippen LogP contribution in [0.5, 0.6) is 5.75 Å². The molecule has 1 amide bonds. The molecule has 1 saturated heterocycles. The van der Waals surface area contributed by atoms with E-state index in [0.717, 1.165) is 69.8 Å². The van der Waals surface area contributed by atoms with Crippen LogP contribution in [0.3, 0.4) is 0 Å². The number of ether oxygens (including phenoxy) is 1. The number of hydrogen-bond acceptors (Lipinski definition) is 5. The molecule has 2 aliphatic heterocycles. The Bertz CT molecular complexity index is 675. The average Bonchev–Trinajstić information content (AvgIpc) is 3.00. The molecule has 6 nitrogen and oxygen atoms in total. The van der Waals surface area contributed by atoms with Gasteiger partial charge >= 0.3 is 0 Å². The van der Waals surface area contributed by atoms with Gasteiger partial charge in [-0.15, -0.1) is 0 Å². The number of rotatable bonds is 5. The van der Waals surface area contributed by atoms with Crippen molar-refractivity contribution in [3.8, 4) is 5.75 Å². The molecule has 3 aliphatic rings. The number of carbonyl (C=O) groups is 1. The maximum absolute atomic E-state index is 12.8. The fourth-order valence-electron chi connectivity index (χ4n) is 4.46. The van der Waals surface area contributed by atoms with E-state index in [1.54, 1.807) is 0 Å². The summed E-state index contributed by atoms with van der Waals surface area (Å²) in [5, 5.41) is 13.1. The van der Waals surface area contributed by atoms with Gasteiger partial charge in [0.05, 0.1) is 25.3 Å². The lowest BCUT2D eigenvalue weighted by Crippen LogP contribution is -2.45. The van der Waals surface area contributed by atoms with Crippen LogP contribution in [0.1, 0.15) is 36.4 Å². The molecule has 6 heteroatoms. The van der Waals surface area contributed by atoms with Gasteiger partial charge in [0.2, 0.25) is 5.91 Å². The van der Waals surface area contributed by atoms with Crippen molar-refractivity contribution in [2.24, 2.45) is 5.92 Å². The minimum Gasteiger partial charge on any atom is -0.493 e. The first-order valence-corrected chi connectivity index (χ1v) is 10.2. The number of carbonyl (C=O) groups excluding carboxylic acids is 1. The summed E-state index contributed by atoms with van der Waals surface area (Å²) in [7, 11) is 2.14. The molecule has 2 N–H and O–H groups in total. The Balaban J connectivity index is 1.42. The summed E-state index contributed by atoms with van der Waals surface area (Å²) in [6, 6.07) is 6.25. The second kappa shape index (κ2) is 8.17. The van der Waals surface area contributed by atoms with Crippen molar-refractivity contribution in [2.45, 2.75) is 37.8 Å². The smallest absolute Gasteiger partial charge is 0.234 e. The van der Waals surface area contributed by atoms with Gasteiger partial charge in [0.25, 0.3) is 0 Å². The Morgan fingerprint density at radius 2 is 2.15 bits per heavy atom. The minimum atomic E-state index is -0.228. The van der Waals surface area contributed by atoms with E-state index in [4.69, 9.17) is 4.74 Å². The molecule has 148 valence electrons. The third-order valence-electron chi connectivity index (χ3n) is 6.19. The summed E-state index contributed by atoms with van der Waals surface area (Å²) < 4.78 is 5.62. The molecule has 2 fully saturated rings. The quantitative estimate of drug-likeness (QED) is 0.812. The number of amides is 1. The van der Waals surface area contributed by atoms with Gasteiger partial charge in [-0.2, -0.15) is 0 Å². The zero-order valence-corrected chi connectivity index (χ0v) is 16.2. The molecule has 1 aromatic carbocycles. The number of nitrogens with one attached hydrogen (secondary N) is 1. The number of fused-ring (bicyclic) bond motifs is 1. The Morgan fingerprint density at radius 3 is 2.96 bits per heavy atom. The molecule has 1 aliphatic carbocycles. The molecular weight excluding hydrogens is 342 g/mol. The van der Waals surface area contributed by atoms with Crippen LogP contribution in [0.4, 0.5) is 0 Å². The molecule has 2 heterocycles. The van der Waals surface area contributed by atoms with Crippen LogP contribution >= 0.6 is 0 Å². The van der Waals surface area contributed by atoms with Crippen LogP contribution in [0, 0.1) is 5.92 Å². The standard InChI is InChI=1S/C21H31N3O3/c1-23-6-2-7-24(9-8-23)14-20(26)22-21(17-12-18(25)13-17)16-3-4-19-15(11-16)5-10-27-19/h3-4,11,17-18,21,25H,2,5-10,12-14H2,1H3,(H,22,26)/t17?,18?,21-/m1/s1. The summed E-state index contributed by atoms with van der Waals surface area (Å²) in [5.41, 5.74) is 2.36. The van der Waals surface area contributed by atoms with E-state index in [9.17, 15) is 9.90 Å². The normalized spacial score (nSPS) is 27.2. The number of benzene rings is 1. The van der Waals surface area contributed by atoms with Crippen molar-refractivity contribution in [3.05, 3.63) is 29.3 Å². The van der Waals surface area contributed by atoms with E-state index < -0.39 is 0 Å². The highest BCUT2D eigenvalue weighted by Crippen LogP contribution is 2.39. The molecule has 0 unspecified atom stereocenters. The monoisotopic (exact) mass is 373 g/mol. The van der Waals surface area contributed by atoms with Crippen LogP contribution in [0.2, 0.25) is 0 Å². The zero-order chi connectivity index (χ0) is 18.8. The Labute approximate surface area is 161 Å². The van der Waals surface area contributed by atoms with Crippen molar-refractivity contribution in [1.29, 1.82) is 0 Å². The second-order valence-corrected chi connectivity index (χ2v) is 8.33. The van der Waals surface area contributed by atoms with Crippen molar-refractivity contribution < 1.29 is 14.6 Å². The van der Waals surface area contributed by atoms with E-state index >= 15 is 0 Å². The molecule has 0 radical (unpaired) electrons. The Hall–Kier alpha value is -1.63. The summed E-state index contributed by atoms with van der Waals surface area (Å²) >= 11 is 0. The lowest BCUT2D eigenvalue weighted by atomic mass is 9.75. The third kappa shape index (κ3) is 4.45. The number of aliphatic hydroxyl groups is 1. The van der Waals surface area contributed by atoms with Crippen LogP contribution in [0.25, 0.3) is 0 Å². The molecule has 1 aromatic rings. The summed E-state index contributed by atoms with van der Waals surface area (Å²) in [6.07, 6.45) is 3.32. The minimum absolute atomic E-state index is 0.0264. The van der Waals surface area contributed by atoms with Gasteiger partial charge in [0.1, 0.15) is 5.75 Å². The Morgan fingerprint density at radius 1 is 1.30 bits per heavy atom. The first-order chi connectivity index (χ1) is 13.1. The van der Waals surface area contributed by atoms with Gasteiger partial charge in [-0.05, 0) is 68.6 Å². The van der Waals surface area contributed by atoms with Crippen molar-refractivity contribution in [1.82, 2.24) is 15.1 Å². The maximum Gasteiger partial charge on any atom is 0.234 e. The average molecular weight is 373 g/mol. The van der Waals surface area contributed by atoms with Gasteiger partial charge in [0.15, 0.2) is 0 Å². The van der Waals surface area contributed by atoms with Gasteiger partial charge in [0, 0.05) is 19.5 Å². The SMILES string of the molecule is CN1CCCN(CC(=O)N[C@H](c2ccc3c(c2)CCO3)C2CC(O)C2)CC1. The molecule has 1 saturated carbocycles. The predicted molar refractivity (Wildman–Crippen MR) is 104 cm³/mol. The molecule has 0 bridgehead atoms. The van der Waals surface area contributed by atoms with E-state index in [0.29, 0.717) is 12.5 Å². The molecule has 1 atom stereocenters. The highest BCUT2D eigenvalue weighted by atomic mass is 16.5. The highest BCUT2D eigenvalue weighted by molar-refractivity contribution is 5.78. The van der Waals surface area contributed by atoms with E-state index in [-0.39, 0.29) is 18.1 Å². The highest BCUT2D eigenvalue weighted by Gasteiger charge is 2.36. The molecule has 4 rings (SSSR count). The molecule has 0 aromatic heterocycles. The number of hydrogen-bond donors (Lipinski definition) is 2. The van der Waals surface area contributed by atoms with Gasteiger partial charge < -0.3 is 20.1 Å². The number of nitrogens with zero attached hydrogens (tertiary/aromatic N) is 2. The van der Waals surface area contributed by atoms with Gasteiger partial charge in [-0.25, -0.2) is 0 Å². The fraction of sp³-hybridized carbons (Fsp3) is 0.667. The van der Waals surface area contributed by atoms with Crippen molar-refractivity contribution >= 4 is 5.91 Å². The molecule has 27 heavy (non-hydrogen) atoms. The number of aliphatic hydroxyl groups excluding tert-OH is 1. The number of likely N-dealkylation sites (N-methyl/N-ethyl adjacent to an activating group) is 1. The third-order valence-corrected chi connectivity index (χ3v) is 6.19. The molecule has 0 spiro atoms. The first kappa shape index (κ1) is 18.7. The van der Waals surface area contributed by atoms with Crippen LogP contribution in [-0.4, -0.2) is 73.3 Å². The topological polar surface area (TPSA) is 65.0 Å². The van der Waals surface area contributed by atoms with E-state index in [2.05, 4.69) is 34.3 Å². The predicted octanol–water partition coefficient (Wildman–Crippen LogP) is 1.19. The van der Waals surface area contributed by atoms with Crippen LogP contribution in [0.15, 0.2) is 18.2 Å². The lowest BCUT2D eigenvalue weighted by Gasteiger charge is -2.38. The molecular formula is C21H31N3O3. The van der Waals surface area contributed by atoms with E-state index in [1.165, 1.54) is 5.56 Å². The van der Waals surface area contributed by atoms with Gasteiger partial charge in [-0.1, -0.05) is 6.07 Å². The summed E-state index contributed by atoms with van der Waals surface area (Å²) in [6.45, 7) is 5.21. The maximum atomic E-state index is 12.8. The fourth-order valence-corrected chi connectivity index (χ4v) is 4.46. The lowest BCUT2D eigenvalue weighted by molar-refractivity contribution is -0.124. The van der Waals surface area contributed by atoms with Gasteiger partial charge in [-0.3, -0.25) is 9.69 Å². The first-order valence-electron chi connectivity index (χ1n) is 10.2.